The van der Waals surface area contributed by atoms with Crippen molar-refractivity contribution in [3.63, 3.8) is 0 Å². The number of rotatable bonds is 6. The monoisotopic (exact) mass is 253 g/mol. The molecule has 1 aromatic heterocycles. The number of aromatic nitrogens is 1. The van der Waals surface area contributed by atoms with Gasteiger partial charge in [0.15, 0.2) is 0 Å². The maximum atomic E-state index is 12.7. The van der Waals surface area contributed by atoms with Crippen molar-refractivity contribution in [3.05, 3.63) is 29.8 Å². The second kappa shape index (κ2) is 7.06. The minimum atomic E-state index is -0.338. The molecule has 0 spiro atoms. The Kier molecular flexibility index (Phi) is 5.71. The summed E-state index contributed by atoms with van der Waals surface area (Å²) in [6.07, 6.45) is 1.20. The number of carbonyl (C=O) groups excluding carboxylic acids is 1. The van der Waals surface area contributed by atoms with Gasteiger partial charge in [0.25, 0.3) is 0 Å². The van der Waals surface area contributed by atoms with Crippen LogP contribution in [-0.4, -0.2) is 24.0 Å². The summed E-state index contributed by atoms with van der Waals surface area (Å²) in [5.74, 6) is -0.291. The average Bonchev–Trinajstić information content (AvgIpc) is 2.34. The van der Waals surface area contributed by atoms with Gasteiger partial charge in [0.2, 0.25) is 5.91 Å². The van der Waals surface area contributed by atoms with E-state index >= 15 is 0 Å². The van der Waals surface area contributed by atoms with Crippen LogP contribution in [0.5, 0.6) is 0 Å². The van der Waals surface area contributed by atoms with E-state index in [1.165, 1.54) is 12.3 Å². The molecule has 1 amide bonds. The molecule has 1 atom stereocenters. The van der Waals surface area contributed by atoms with Crippen LogP contribution in [0.3, 0.4) is 0 Å². The molecule has 5 heteroatoms. The Bertz CT molecular complexity index is 378. The highest BCUT2D eigenvalue weighted by atomic mass is 19.1. The summed E-state index contributed by atoms with van der Waals surface area (Å²) in [5.41, 5.74) is 0.784. The third kappa shape index (κ3) is 4.79. The van der Waals surface area contributed by atoms with Crippen LogP contribution in [0.1, 0.15) is 32.5 Å². The number of nitrogens with one attached hydrogen (secondary N) is 2. The minimum absolute atomic E-state index is 0.00110. The van der Waals surface area contributed by atoms with Gasteiger partial charge in [-0.15, -0.1) is 0 Å². The summed E-state index contributed by atoms with van der Waals surface area (Å²) in [7, 11) is 0. The molecular weight excluding hydrogens is 233 g/mol. The van der Waals surface area contributed by atoms with Gasteiger partial charge in [-0.3, -0.25) is 9.78 Å². The lowest BCUT2D eigenvalue weighted by Gasteiger charge is -2.14. The molecule has 0 bridgehead atoms. The quantitative estimate of drug-likeness (QED) is 0.758. The summed E-state index contributed by atoms with van der Waals surface area (Å²) in [5, 5.41) is 6.03. The van der Waals surface area contributed by atoms with Crippen LogP contribution < -0.4 is 10.6 Å². The lowest BCUT2D eigenvalue weighted by molar-refractivity contribution is -0.123. The van der Waals surface area contributed by atoms with Crippen LogP contribution in [0.2, 0.25) is 0 Å². The molecule has 1 rings (SSSR count). The fourth-order valence-electron chi connectivity index (χ4n) is 1.43. The summed E-state index contributed by atoms with van der Waals surface area (Å²) in [4.78, 5) is 15.3. The first kappa shape index (κ1) is 14.6. The fourth-order valence-corrected chi connectivity index (χ4v) is 1.43. The molecule has 4 nitrogen and oxygen atoms in total. The summed E-state index contributed by atoms with van der Waals surface area (Å²) in [6.45, 7) is 6.88. The minimum Gasteiger partial charge on any atom is -0.355 e. The van der Waals surface area contributed by atoms with Gasteiger partial charge in [0.05, 0.1) is 11.9 Å². The zero-order valence-corrected chi connectivity index (χ0v) is 11.0. The zero-order chi connectivity index (χ0) is 13.5. The molecule has 0 saturated carbocycles. The third-order valence-electron chi connectivity index (χ3n) is 2.59. The van der Waals surface area contributed by atoms with E-state index < -0.39 is 0 Å². The van der Waals surface area contributed by atoms with E-state index in [0.29, 0.717) is 13.1 Å². The molecule has 18 heavy (non-hydrogen) atoms. The van der Waals surface area contributed by atoms with Crippen LogP contribution in [0.25, 0.3) is 0 Å². The third-order valence-corrected chi connectivity index (χ3v) is 2.59. The number of pyridine rings is 1. The molecule has 0 aliphatic carbocycles. The molecule has 0 aliphatic heterocycles. The number of halogens is 1. The normalized spacial score (nSPS) is 12.5. The molecule has 1 aromatic rings. The van der Waals surface area contributed by atoms with Crippen molar-refractivity contribution in [2.75, 3.05) is 13.1 Å². The van der Waals surface area contributed by atoms with Crippen molar-refractivity contribution in [2.45, 2.75) is 26.8 Å². The van der Waals surface area contributed by atoms with Crippen molar-refractivity contribution in [1.29, 1.82) is 0 Å². The molecular formula is C13H20FN3O. The van der Waals surface area contributed by atoms with Gasteiger partial charge in [0, 0.05) is 25.0 Å². The number of carbonyl (C=O) groups is 1. The maximum Gasteiger partial charge on any atom is 0.222 e. The van der Waals surface area contributed by atoms with Crippen molar-refractivity contribution in [2.24, 2.45) is 5.92 Å². The Morgan fingerprint density at radius 1 is 1.33 bits per heavy atom. The van der Waals surface area contributed by atoms with E-state index in [0.717, 1.165) is 5.69 Å². The van der Waals surface area contributed by atoms with E-state index in [2.05, 4.69) is 15.6 Å². The fraction of sp³-hybridized carbons (Fsp3) is 0.538. The van der Waals surface area contributed by atoms with Gasteiger partial charge >= 0.3 is 0 Å². The molecule has 0 fully saturated rings. The first-order valence-electron chi connectivity index (χ1n) is 6.13. The molecule has 0 radical (unpaired) electrons. The Hall–Kier alpha value is -1.49. The SMILES string of the molecule is CC(C)C(=O)NCCNC(C)c1ccc(F)cn1. The van der Waals surface area contributed by atoms with Gasteiger partial charge in [-0.2, -0.15) is 0 Å². The lowest BCUT2D eigenvalue weighted by Crippen LogP contribution is -2.35. The summed E-state index contributed by atoms with van der Waals surface area (Å²) in [6, 6.07) is 3.07. The van der Waals surface area contributed by atoms with E-state index in [-0.39, 0.29) is 23.7 Å². The smallest absolute Gasteiger partial charge is 0.222 e. The van der Waals surface area contributed by atoms with E-state index in [1.54, 1.807) is 6.07 Å². The van der Waals surface area contributed by atoms with Crippen molar-refractivity contribution in [1.82, 2.24) is 15.6 Å². The van der Waals surface area contributed by atoms with E-state index in [9.17, 15) is 9.18 Å². The van der Waals surface area contributed by atoms with Crippen molar-refractivity contribution >= 4 is 5.91 Å². The number of hydrogen-bond donors (Lipinski definition) is 2. The zero-order valence-electron chi connectivity index (χ0n) is 11.0. The van der Waals surface area contributed by atoms with Crippen LogP contribution >= 0.6 is 0 Å². The second-order valence-electron chi connectivity index (χ2n) is 4.52. The largest absolute Gasteiger partial charge is 0.355 e. The molecule has 2 N–H and O–H groups in total. The lowest BCUT2D eigenvalue weighted by atomic mass is 10.2. The molecule has 1 heterocycles. The standard InChI is InChI=1S/C13H20FN3O/c1-9(2)13(18)16-7-6-15-10(3)12-5-4-11(14)8-17-12/h4-5,8-10,15H,6-7H2,1-3H3,(H,16,18). The second-order valence-corrected chi connectivity index (χ2v) is 4.52. The van der Waals surface area contributed by atoms with Crippen molar-refractivity contribution in [3.8, 4) is 0 Å². The predicted molar refractivity (Wildman–Crippen MR) is 68.5 cm³/mol. The Morgan fingerprint density at radius 2 is 2.06 bits per heavy atom. The van der Waals surface area contributed by atoms with Gasteiger partial charge in [-0.25, -0.2) is 4.39 Å². The molecule has 100 valence electrons. The van der Waals surface area contributed by atoms with E-state index in [1.807, 2.05) is 20.8 Å². The van der Waals surface area contributed by atoms with Gasteiger partial charge in [0.1, 0.15) is 5.82 Å². The van der Waals surface area contributed by atoms with Crippen molar-refractivity contribution < 1.29 is 9.18 Å². The summed E-state index contributed by atoms with van der Waals surface area (Å²) < 4.78 is 12.7. The van der Waals surface area contributed by atoms with Crippen LogP contribution in [0.15, 0.2) is 18.3 Å². The Balaban J connectivity index is 2.27. The van der Waals surface area contributed by atoms with Gasteiger partial charge in [-0.05, 0) is 19.1 Å². The Morgan fingerprint density at radius 3 is 2.61 bits per heavy atom. The van der Waals surface area contributed by atoms with Crippen LogP contribution in [0.4, 0.5) is 4.39 Å². The number of amides is 1. The highest BCUT2D eigenvalue weighted by molar-refractivity contribution is 5.77. The first-order chi connectivity index (χ1) is 8.50. The molecule has 0 aliphatic rings. The van der Waals surface area contributed by atoms with Gasteiger partial charge in [-0.1, -0.05) is 13.8 Å². The average molecular weight is 253 g/mol. The first-order valence-corrected chi connectivity index (χ1v) is 6.13. The summed E-state index contributed by atoms with van der Waals surface area (Å²) >= 11 is 0. The molecule has 0 aromatic carbocycles. The number of hydrogen-bond acceptors (Lipinski definition) is 3. The molecule has 0 saturated heterocycles. The topological polar surface area (TPSA) is 54.0 Å². The predicted octanol–water partition coefficient (Wildman–Crippen LogP) is 1.64. The van der Waals surface area contributed by atoms with Gasteiger partial charge < -0.3 is 10.6 Å². The maximum absolute atomic E-state index is 12.7. The van der Waals surface area contributed by atoms with E-state index in [4.69, 9.17) is 0 Å². The molecule has 1 unspecified atom stereocenters. The highest BCUT2D eigenvalue weighted by Gasteiger charge is 2.07. The Labute approximate surface area is 107 Å². The number of nitrogens with zero attached hydrogens (tertiary/aromatic N) is 1. The van der Waals surface area contributed by atoms with Crippen LogP contribution in [-0.2, 0) is 4.79 Å². The van der Waals surface area contributed by atoms with Crippen LogP contribution in [0, 0.1) is 11.7 Å². The highest BCUT2D eigenvalue weighted by Crippen LogP contribution is 2.08.